The number of rotatable bonds is 3. The number of hydrogen-bond acceptors (Lipinski definition) is 4. The number of nitrogens with zero attached hydrogens (tertiary/aromatic N) is 1. The molecule has 7 nitrogen and oxygen atoms in total. The van der Waals surface area contributed by atoms with Crippen LogP contribution in [-0.2, 0) is 11.3 Å². The molecular weight excluding hydrogens is 348 g/mol. The van der Waals surface area contributed by atoms with E-state index in [-0.39, 0.29) is 25.0 Å². The van der Waals surface area contributed by atoms with Crippen LogP contribution < -0.4 is 14.8 Å². The Labute approximate surface area is 150 Å². The van der Waals surface area contributed by atoms with Crippen LogP contribution in [0.2, 0.25) is 5.02 Å². The van der Waals surface area contributed by atoms with Crippen LogP contribution in [0.3, 0.4) is 0 Å². The first-order valence-electron chi connectivity index (χ1n) is 8.27. The summed E-state index contributed by atoms with van der Waals surface area (Å²) < 4.78 is 11.0. The number of halogens is 1. The highest BCUT2D eigenvalue weighted by Gasteiger charge is 2.31. The Morgan fingerprint density at radius 3 is 2.84 bits per heavy atom. The molecule has 3 rings (SSSR count). The van der Waals surface area contributed by atoms with Crippen LogP contribution in [0.1, 0.15) is 18.9 Å². The maximum Gasteiger partial charge on any atom is 0.317 e. The summed E-state index contributed by atoms with van der Waals surface area (Å²) in [5.41, 5.74) is 0.794. The van der Waals surface area contributed by atoms with Gasteiger partial charge in [0.05, 0.1) is 10.9 Å². The van der Waals surface area contributed by atoms with Gasteiger partial charge in [-0.25, -0.2) is 4.79 Å². The van der Waals surface area contributed by atoms with Crippen molar-refractivity contribution in [2.24, 2.45) is 11.8 Å². The molecule has 136 valence electrons. The third-order valence-corrected chi connectivity index (χ3v) is 4.68. The highest BCUT2D eigenvalue weighted by molar-refractivity contribution is 6.32. The van der Waals surface area contributed by atoms with Crippen molar-refractivity contribution >= 4 is 23.6 Å². The molecule has 2 aliphatic heterocycles. The number of nitrogens with one attached hydrogen (secondary N) is 1. The van der Waals surface area contributed by atoms with Gasteiger partial charge in [-0.1, -0.05) is 18.5 Å². The molecule has 2 atom stereocenters. The van der Waals surface area contributed by atoms with Gasteiger partial charge in [0.15, 0.2) is 11.5 Å². The van der Waals surface area contributed by atoms with Crippen molar-refractivity contribution < 1.29 is 24.2 Å². The number of ether oxygens (including phenoxy) is 2. The molecule has 2 aliphatic rings. The van der Waals surface area contributed by atoms with Gasteiger partial charge < -0.3 is 24.8 Å². The largest absolute Gasteiger partial charge is 0.486 e. The number of benzene rings is 1. The van der Waals surface area contributed by atoms with Gasteiger partial charge in [0, 0.05) is 19.6 Å². The van der Waals surface area contributed by atoms with E-state index in [1.807, 2.05) is 6.92 Å². The zero-order valence-corrected chi connectivity index (χ0v) is 14.7. The predicted octanol–water partition coefficient (Wildman–Crippen LogP) is 2.36. The van der Waals surface area contributed by atoms with Crippen molar-refractivity contribution in [1.82, 2.24) is 10.2 Å². The number of amides is 2. The number of carboxylic acid groups (broad SMARTS) is 1. The zero-order valence-electron chi connectivity index (χ0n) is 14.0. The van der Waals surface area contributed by atoms with Gasteiger partial charge in [-0.3, -0.25) is 4.79 Å². The Bertz CT molecular complexity index is 681. The van der Waals surface area contributed by atoms with E-state index in [9.17, 15) is 14.7 Å². The molecule has 0 aliphatic carbocycles. The summed E-state index contributed by atoms with van der Waals surface area (Å²) in [6.07, 6.45) is 0.594. The maximum atomic E-state index is 12.4. The molecule has 2 heterocycles. The lowest BCUT2D eigenvalue weighted by Gasteiger charge is -2.34. The minimum atomic E-state index is -0.858. The number of hydrogen-bond donors (Lipinski definition) is 2. The summed E-state index contributed by atoms with van der Waals surface area (Å²) in [7, 11) is 0. The molecule has 1 saturated heterocycles. The topological polar surface area (TPSA) is 88.1 Å². The lowest BCUT2D eigenvalue weighted by atomic mass is 9.91. The molecule has 2 amide bonds. The quantitative estimate of drug-likeness (QED) is 0.855. The van der Waals surface area contributed by atoms with Gasteiger partial charge in [-0.2, -0.15) is 0 Å². The zero-order chi connectivity index (χ0) is 18.0. The van der Waals surface area contributed by atoms with E-state index in [2.05, 4.69) is 5.32 Å². The molecule has 1 fully saturated rings. The molecule has 2 unspecified atom stereocenters. The fraction of sp³-hybridized carbons (Fsp3) is 0.529. The number of likely N-dealkylation sites (tertiary alicyclic amines) is 1. The van der Waals surface area contributed by atoms with Crippen molar-refractivity contribution in [3.8, 4) is 11.5 Å². The van der Waals surface area contributed by atoms with Gasteiger partial charge in [0.1, 0.15) is 13.2 Å². The molecule has 2 N–H and O–H groups in total. The Kier molecular flexibility index (Phi) is 5.22. The first kappa shape index (κ1) is 17.7. The van der Waals surface area contributed by atoms with Gasteiger partial charge in [0.2, 0.25) is 0 Å². The standard InChI is InChI=1S/C17H21ClN2O5/c1-10-4-12(16(21)22)9-20(8-10)17(23)19-7-11-5-13(18)15-14(6-11)24-2-3-25-15/h5-6,10,12H,2-4,7-9H2,1H3,(H,19,23)(H,21,22). The minimum absolute atomic E-state index is 0.157. The molecule has 0 bridgehead atoms. The highest BCUT2D eigenvalue weighted by atomic mass is 35.5. The van der Waals surface area contributed by atoms with E-state index in [4.69, 9.17) is 21.1 Å². The van der Waals surface area contributed by atoms with Crippen molar-refractivity contribution in [3.05, 3.63) is 22.7 Å². The first-order valence-corrected chi connectivity index (χ1v) is 8.65. The average molecular weight is 369 g/mol. The molecule has 1 aromatic rings. The number of aliphatic carboxylic acids is 1. The van der Waals surface area contributed by atoms with Crippen LogP contribution in [0.4, 0.5) is 4.79 Å². The third-order valence-electron chi connectivity index (χ3n) is 4.40. The lowest BCUT2D eigenvalue weighted by molar-refractivity contribution is -0.143. The number of carboxylic acids is 1. The second-order valence-electron chi connectivity index (χ2n) is 6.54. The number of piperidine rings is 1. The molecular formula is C17H21ClN2O5. The summed E-state index contributed by atoms with van der Waals surface area (Å²) in [6, 6.07) is 3.25. The average Bonchev–Trinajstić information content (AvgIpc) is 2.59. The number of fused-ring (bicyclic) bond motifs is 1. The molecule has 1 aromatic carbocycles. The lowest BCUT2D eigenvalue weighted by Crippen LogP contribution is -2.49. The van der Waals surface area contributed by atoms with E-state index in [0.717, 1.165) is 5.56 Å². The number of urea groups is 1. The summed E-state index contributed by atoms with van der Waals surface area (Å²) >= 11 is 6.19. The first-order chi connectivity index (χ1) is 11.9. The van der Waals surface area contributed by atoms with E-state index in [0.29, 0.717) is 42.7 Å². The van der Waals surface area contributed by atoms with Gasteiger partial charge in [0.25, 0.3) is 0 Å². The normalized spacial score (nSPS) is 22.4. The molecule has 0 spiro atoms. The van der Waals surface area contributed by atoms with Crippen LogP contribution in [0.25, 0.3) is 0 Å². The SMILES string of the molecule is CC1CC(C(=O)O)CN(C(=O)NCc2cc(Cl)c3c(c2)OCCO3)C1. The van der Waals surface area contributed by atoms with E-state index in [1.165, 1.54) is 0 Å². The number of carbonyl (C=O) groups is 2. The molecule has 0 saturated carbocycles. The minimum Gasteiger partial charge on any atom is -0.486 e. The Morgan fingerprint density at radius 1 is 1.32 bits per heavy atom. The Morgan fingerprint density at radius 2 is 2.08 bits per heavy atom. The van der Waals surface area contributed by atoms with Crippen LogP contribution in [0, 0.1) is 11.8 Å². The second-order valence-corrected chi connectivity index (χ2v) is 6.95. The fourth-order valence-electron chi connectivity index (χ4n) is 3.25. The maximum absolute atomic E-state index is 12.4. The van der Waals surface area contributed by atoms with Crippen LogP contribution >= 0.6 is 11.6 Å². The summed E-state index contributed by atoms with van der Waals surface area (Å²) in [4.78, 5) is 25.2. The monoisotopic (exact) mass is 368 g/mol. The van der Waals surface area contributed by atoms with Gasteiger partial charge in [-0.05, 0) is 30.0 Å². The smallest absolute Gasteiger partial charge is 0.317 e. The van der Waals surface area contributed by atoms with E-state index < -0.39 is 11.9 Å². The molecule has 8 heteroatoms. The van der Waals surface area contributed by atoms with Crippen LogP contribution in [0.15, 0.2) is 12.1 Å². The predicted molar refractivity (Wildman–Crippen MR) is 91.2 cm³/mol. The van der Waals surface area contributed by atoms with Crippen molar-refractivity contribution in [2.45, 2.75) is 19.9 Å². The fourth-order valence-corrected chi connectivity index (χ4v) is 3.54. The van der Waals surface area contributed by atoms with Crippen molar-refractivity contribution in [3.63, 3.8) is 0 Å². The van der Waals surface area contributed by atoms with Crippen molar-refractivity contribution in [2.75, 3.05) is 26.3 Å². The Balaban J connectivity index is 1.62. The third kappa shape index (κ3) is 4.10. The molecule has 0 aromatic heterocycles. The molecule has 0 radical (unpaired) electrons. The Hall–Kier alpha value is -2.15. The highest BCUT2D eigenvalue weighted by Crippen LogP contribution is 2.38. The van der Waals surface area contributed by atoms with Crippen LogP contribution in [-0.4, -0.2) is 48.3 Å². The molecule has 25 heavy (non-hydrogen) atoms. The van der Waals surface area contributed by atoms with Crippen LogP contribution in [0.5, 0.6) is 11.5 Å². The van der Waals surface area contributed by atoms with Gasteiger partial charge in [-0.15, -0.1) is 0 Å². The summed E-state index contributed by atoms with van der Waals surface area (Å²) in [5, 5.41) is 12.5. The van der Waals surface area contributed by atoms with Crippen molar-refractivity contribution in [1.29, 1.82) is 0 Å². The van der Waals surface area contributed by atoms with E-state index >= 15 is 0 Å². The van der Waals surface area contributed by atoms with Gasteiger partial charge >= 0.3 is 12.0 Å². The second kappa shape index (κ2) is 7.39. The van der Waals surface area contributed by atoms with E-state index in [1.54, 1.807) is 17.0 Å². The summed E-state index contributed by atoms with van der Waals surface area (Å²) in [5.74, 6) is -0.122. The summed E-state index contributed by atoms with van der Waals surface area (Å²) in [6.45, 7) is 3.93. The number of carbonyl (C=O) groups excluding carboxylic acids is 1.